The number of halogens is 1. The lowest BCUT2D eigenvalue weighted by atomic mass is 10.0. The largest absolute Gasteiger partial charge is 0.491 e. The van der Waals surface area contributed by atoms with E-state index in [0.717, 1.165) is 28.0 Å². The van der Waals surface area contributed by atoms with E-state index in [9.17, 15) is 0 Å². The van der Waals surface area contributed by atoms with Gasteiger partial charge >= 0.3 is 0 Å². The van der Waals surface area contributed by atoms with E-state index >= 15 is 0 Å². The number of benzene rings is 2. The van der Waals surface area contributed by atoms with Crippen molar-refractivity contribution in [3.8, 4) is 22.8 Å². The number of methoxy groups -OCH3 is 1. The van der Waals surface area contributed by atoms with Gasteiger partial charge in [0, 0.05) is 37.0 Å². The molecule has 0 radical (unpaired) electrons. The number of nitrogens with two attached hydrogens (primary N) is 1. The third kappa shape index (κ3) is 5.96. The Hall–Kier alpha value is -2.60. The minimum atomic E-state index is 0. The van der Waals surface area contributed by atoms with Crippen molar-refractivity contribution in [3.63, 3.8) is 0 Å². The van der Waals surface area contributed by atoms with Gasteiger partial charge in [0.15, 0.2) is 0 Å². The summed E-state index contributed by atoms with van der Waals surface area (Å²) in [6.07, 6.45) is 1.80. The summed E-state index contributed by atoms with van der Waals surface area (Å²) in [5.41, 5.74) is 9.88. The van der Waals surface area contributed by atoms with Gasteiger partial charge in [-0.05, 0) is 23.3 Å². The van der Waals surface area contributed by atoms with Crippen molar-refractivity contribution in [1.29, 1.82) is 0 Å². The first-order valence-electron chi connectivity index (χ1n) is 8.88. The van der Waals surface area contributed by atoms with Crippen molar-refractivity contribution in [2.45, 2.75) is 13.2 Å². The summed E-state index contributed by atoms with van der Waals surface area (Å²) in [6.45, 7) is 1.93. The normalized spacial score (nSPS) is 10.2. The number of hydrogen-bond acceptors (Lipinski definition) is 5. The maximum atomic E-state index is 5.80. The molecular weight excluding hydrogens is 376 g/mol. The summed E-state index contributed by atoms with van der Waals surface area (Å²) in [6, 6.07) is 19.9. The predicted octanol–water partition coefficient (Wildman–Crippen LogP) is 4.23. The van der Waals surface area contributed by atoms with E-state index in [1.165, 1.54) is 0 Å². The SMILES string of the molecule is COCCOc1cc(-c2ccc(OCc3ccccc3)nc2)ccc1CN.Cl. The van der Waals surface area contributed by atoms with Crippen LogP contribution in [0.1, 0.15) is 11.1 Å². The molecule has 148 valence electrons. The highest BCUT2D eigenvalue weighted by Gasteiger charge is 2.07. The second-order valence-electron chi connectivity index (χ2n) is 6.03. The second-order valence-corrected chi connectivity index (χ2v) is 6.03. The lowest BCUT2D eigenvalue weighted by Crippen LogP contribution is -2.07. The minimum Gasteiger partial charge on any atom is -0.491 e. The smallest absolute Gasteiger partial charge is 0.213 e. The zero-order valence-corrected chi connectivity index (χ0v) is 16.7. The molecule has 1 aromatic heterocycles. The molecule has 6 heteroatoms. The molecule has 0 saturated carbocycles. The van der Waals surface area contributed by atoms with Crippen LogP contribution in [0, 0.1) is 0 Å². The Morgan fingerprint density at radius 3 is 2.36 bits per heavy atom. The summed E-state index contributed by atoms with van der Waals surface area (Å²) in [5, 5.41) is 0. The van der Waals surface area contributed by atoms with Crippen molar-refractivity contribution in [3.05, 3.63) is 78.0 Å². The van der Waals surface area contributed by atoms with Crippen molar-refractivity contribution in [2.75, 3.05) is 20.3 Å². The molecule has 2 aromatic carbocycles. The molecule has 0 fully saturated rings. The summed E-state index contributed by atoms with van der Waals surface area (Å²) in [7, 11) is 1.65. The van der Waals surface area contributed by atoms with Crippen LogP contribution in [0.2, 0.25) is 0 Å². The lowest BCUT2D eigenvalue weighted by molar-refractivity contribution is 0.146. The van der Waals surface area contributed by atoms with Crippen LogP contribution in [0.25, 0.3) is 11.1 Å². The van der Waals surface area contributed by atoms with Gasteiger partial charge in [0.2, 0.25) is 5.88 Å². The molecule has 2 N–H and O–H groups in total. The summed E-state index contributed by atoms with van der Waals surface area (Å²) in [5.74, 6) is 1.37. The molecule has 0 unspecified atom stereocenters. The molecule has 28 heavy (non-hydrogen) atoms. The average Bonchev–Trinajstić information content (AvgIpc) is 2.73. The fraction of sp³-hybridized carbons (Fsp3) is 0.227. The number of hydrogen-bond donors (Lipinski definition) is 1. The zero-order valence-electron chi connectivity index (χ0n) is 15.8. The van der Waals surface area contributed by atoms with E-state index in [4.69, 9.17) is 19.9 Å². The summed E-state index contributed by atoms with van der Waals surface area (Å²) >= 11 is 0. The minimum absolute atomic E-state index is 0. The Kier molecular flexibility index (Phi) is 8.75. The Bertz CT molecular complexity index is 842. The van der Waals surface area contributed by atoms with Crippen LogP contribution in [0.4, 0.5) is 0 Å². The number of ether oxygens (including phenoxy) is 3. The number of nitrogens with zero attached hydrogens (tertiary/aromatic N) is 1. The molecule has 5 nitrogen and oxygen atoms in total. The highest BCUT2D eigenvalue weighted by molar-refractivity contribution is 5.85. The maximum Gasteiger partial charge on any atom is 0.213 e. The average molecular weight is 401 g/mol. The molecule has 0 amide bonds. The maximum absolute atomic E-state index is 5.80. The Morgan fingerprint density at radius 2 is 1.68 bits per heavy atom. The molecule has 0 atom stereocenters. The molecule has 3 rings (SSSR count). The first kappa shape index (κ1) is 21.7. The van der Waals surface area contributed by atoms with Gasteiger partial charge in [0.05, 0.1) is 6.61 Å². The van der Waals surface area contributed by atoms with Crippen molar-refractivity contribution in [1.82, 2.24) is 4.98 Å². The van der Waals surface area contributed by atoms with E-state index < -0.39 is 0 Å². The lowest BCUT2D eigenvalue weighted by Gasteiger charge is -2.12. The molecule has 0 spiro atoms. The van der Waals surface area contributed by atoms with Crippen LogP contribution in [-0.2, 0) is 17.9 Å². The standard InChI is InChI=1S/C22H24N2O3.ClH/c1-25-11-12-26-21-13-18(7-8-19(21)14-23)20-9-10-22(24-15-20)27-16-17-5-3-2-4-6-17;/h2-10,13,15H,11-12,14,16,23H2,1H3;1H. The van der Waals surface area contributed by atoms with Gasteiger partial charge in [0.1, 0.15) is 19.0 Å². The van der Waals surface area contributed by atoms with E-state index in [2.05, 4.69) is 4.98 Å². The fourth-order valence-corrected chi connectivity index (χ4v) is 2.64. The molecule has 0 aliphatic rings. The van der Waals surface area contributed by atoms with Crippen molar-refractivity contribution >= 4 is 12.4 Å². The van der Waals surface area contributed by atoms with Crippen molar-refractivity contribution in [2.24, 2.45) is 5.73 Å². The highest BCUT2D eigenvalue weighted by atomic mass is 35.5. The number of rotatable bonds is 9. The molecule has 0 bridgehead atoms. The second kappa shape index (κ2) is 11.3. The van der Waals surface area contributed by atoms with E-state index in [1.54, 1.807) is 13.3 Å². The van der Waals surface area contributed by atoms with Gasteiger partial charge in [0.25, 0.3) is 0 Å². The first-order chi connectivity index (χ1) is 13.3. The van der Waals surface area contributed by atoms with E-state index in [1.807, 2.05) is 60.7 Å². The Morgan fingerprint density at radius 1 is 0.893 bits per heavy atom. The molecule has 0 aliphatic heterocycles. The predicted molar refractivity (Wildman–Crippen MR) is 113 cm³/mol. The summed E-state index contributed by atoms with van der Waals surface area (Å²) in [4.78, 5) is 4.41. The zero-order chi connectivity index (χ0) is 18.9. The third-order valence-corrected chi connectivity index (χ3v) is 4.13. The van der Waals surface area contributed by atoms with Crippen LogP contribution >= 0.6 is 12.4 Å². The molecule has 0 saturated heterocycles. The van der Waals surface area contributed by atoms with Crippen LogP contribution in [0.3, 0.4) is 0 Å². The topological polar surface area (TPSA) is 66.6 Å². The first-order valence-corrected chi connectivity index (χ1v) is 8.88. The van der Waals surface area contributed by atoms with E-state index in [0.29, 0.717) is 32.2 Å². The molecule has 1 heterocycles. The van der Waals surface area contributed by atoms with Gasteiger partial charge < -0.3 is 19.9 Å². The van der Waals surface area contributed by atoms with Crippen molar-refractivity contribution < 1.29 is 14.2 Å². The summed E-state index contributed by atoms with van der Waals surface area (Å²) < 4.78 is 16.6. The highest BCUT2D eigenvalue weighted by Crippen LogP contribution is 2.28. The Balaban J connectivity index is 0.00000280. The quantitative estimate of drug-likeness (QED) is 0.544. The van der Waals surface area contributed by atoms with Crippen LogP contribution in [-0.4, -0.2) is 25.3 Å². The van der Waals surface area contributed by atoms with Gasteiger partial charge in [-0.15, -0.1) is 12.4 Å². The monoisotopic (exact) mass is 400 g/mol. The van der Waals surface area contributed by atoms with E-state index in [-0.39, 0.29) is 12.4 Å². The molecule has 0 aliphatic carbocycles. The van der Waals surface area contributed by atoms with Crippen LogP contribution < -0.4 is 15.2 Å². The van der Waals surface area contributed by atoms with Crippen LogP contribution in [0.5, 0.6) is 11.6 Å². The third-order valence-electron chi connectivity index (χ3n) is 4.13. The fourth-order valence-electron chi connectivity index (χ4n) is 2.64. The molecular formula is C22H25ClN2O3. The van der Waals surface area contributed by atoms with Gasteiger partial charge in [-0.25, -0.2) is 4.98 Å². The Labute approximate surface area is 171 Å². The molecule has 3 aromatic rings. The van der Waals surface area contributed by atoms with Gasteiger partial charge in [-0.1, -0.05) is 42.5 Å². The van der Waals surface area contributed by atoms with Gasteiger partial charge in [-0.2, -0.15) is 0 Å². The van der Waals surface area contributed by atoms with Gasteiger partial charge in [-0.3, -0.25) is 0 Å². The number of pyridine rings is 1. The van der Waals surface area contributed by atoms with Crippen LogP contribution in [0.15, 0.2) is 66.9 Å². The number of aromatic nitrogens is 1.